The van der Waals surface area contributed by atoms with Crippen LogP contribution in [0.1, 0.15) is 25.5 Å². The number of benzene rings is 2. The van der Waals surface area contributed by atoms with Crippen molar-refractivity contribution in [3.05, 3.63) is 75.7 Å². The van der Waals surface area contributed by atoms with Gasteiger partial charge in [-0.25, -0.2) is 0 Å². The Morgan fingerprint density at radius 2 is 1.57 bits per heavy atom. The van der Waals surface area contributed by atoms with Gasteiger partial charge in [0.25, 0.3) is 0 Å². The summed E-state index contributed by atoms with van der Waals surface area (Å²) in [6.45, 7) is 4.62. The van der Waals surface area contributed by atoms with Gasteiger partial charge < -0.3 is 4.74 Å². The molecule has 23 heavy (non-hydrogen) atoms. The predicted molar refractivity (Wildman–Crippen MR) is 103 cm³/mol. The summed E-state index contributed by atoms with van der Waals surface area (Å²) in [4.78, 5) is 0. The van der Waals surface area contributed by atoms with Gasteiger partial charge in [-0.1, -0.05) is 68.5 Å². The van der Waals surface area contributed by atoms with Gasteiger partial charge in [-0.15, -0.1) is 0 Å². The highest BCUT2D eigenvalue weighted by molar-refractivity contribution is 9.28. The normalized spacial score (nSPS) is 23.0. The molecule has 0 amide bonds. The van der Waals surface area contributed by atoms with Crippen LogP contribution in [0.25, 0.3) is 0 Å². The van der Waals surface area contributed by atoms with Crippen molar-refractivity contribution >= 4 is 31.9 Å². The van der Waals surface area contributed by atoms with Gasteiger partial charge in [0.15, 0.2) is 0 Å². The van der Waals surface area contributed by atoms with Crippen molar-refractivity contribution < 1.29 is 4.74 Å². The van der Waals surface area contributed by atoms with Crippen molar-refractivity contribution in [3.8, 4) is 5.75 Å². The largest absolute Gasteiger partial charge is 0.485 e. The second-order valence-electron chi connectivity index (χ2n) is 6.59. The fraction of sp³-hybridized carbons (Fsp3) is 0.300. The molecule has 0 spiro atoms. The monoisotopic (exact) mass is 434 g/mol. The number of ether oxygens (including phenoxy) is 1. The molecule has 2 aromatic carbocycles. The maximum Gasteiger partial charge on any atom is 0.128 e. The van der Waals surface area contributed by atoms with Crippen molar-refractivity contribution in [1.82, 2.24) is 0 Å². The third kappa shape index (κ3) is 3.72. The van der Waals surface area contributed by atoms with Gasteiger partial charge >= 0.3 is 0 Å². The molecule has 0 aromatic heterocycles. The van der Waals surface area contributed by atoms with Crippen LogP contribution in [0.5, 0.6) is 5.75 Å². The van der Waals surface area contributed by atoms with Gasteiger partial charge in [0, 0.05) is 5.92 Å². The Hall–Kier alpha value is -1.06. The second-order valence-corrected chi connectivity index (χ2v) is 9.36. The first-order valence-electron chi connectivity index (χ1n) is 7.79. The van der Waals surface area contributed by atoms with Crippen LogP contribution in [0.3, 0.4) is 0 Å². The van der Waals surface area contributed by atoms with Crippen molar-refractivity contribution in [3.63, 3.8) is 0 Å². The van der Waals surface area contributed by atoms with Crippen LogP contribution < -0.4 is 4.74 Å². The average molecular weight is 436 g/mol. The van der Waals surface area contributed by atoms with Gasteiger partial charge in [0.2, 0.25) is 0 Å². The molecule has 1 aliphatic carbocycles. The minimum Gasteiger partial charge on any atom is -0.485 e. The quantitative estimate of drug-likeness (QED) is 0.506. The molecule has 1 fully saturated rings. The third-order valence-electron chi connectivity index (χ3n) is 4.76. The fourth-order valence-corrected chi connectivity index (χ4v) is 3.96. The molecule has 3 heteroatoms. The summed E-state index contributed by atoms with van der Waals surface area (Å²) in [6, 6.07) is 20.6. The smallest absolute Gasteiger partial charge is 0.128 e. The van der Waals surface area contributed by atoms with E-state index in [1.54, 1.807) is 0 Å². The lowest BCUT2D eigenvalue weighted by Gasteiger charge is -2.21. The van der Waals surface area contributed by atoms with E-state index in [0.29, 0.717) is 11.8 Å². The summed E-state index contributed by atoms with van der Waals surface area (Å²) in [5, 5.41) is 0. The van der Waals surface area contributed by atoms with Crippen molar-refractivity contribution in [2.24, 2.45) is 17.3 Å². The van der Waals surface area contributed by atoms with E-state index in [-0.39, 0.29) is 11.5 Å². The summed E-state index contributed by atoms with van der Waals surface area (Å²) in [5.74, 6) is 1.84. The molecule has 1 nitrogen and oxygen atoms in total. The van der Waals surface area contributed by atoms with Crippen molar-refractivity contribution in [2.75, 3.05) is 0 Å². The summed E-state index contributed by atoms with van der Waals surface area (Å²) < 4.78 is 7.42. The maximum atomic E-state index is 6.41. The minimum atomic E-state index is 0.0502. The summed E-state index contributed by atoms with van der Waals surface area (Å²) in [5.41, 5.74) is 1.44. The number of halogens is 2. The molecule has 0 saturated heterocycles. The van der Waals surface area contributed by atoms with E-state index in [9.17, 15) is 0 Å². The molecule has 1 unspecified atom stereocenters. The van der Waals surface area contributed by atoms with E-state index < -0.39 is 0 Å². The van der Waals surface area contributed by atoms with E-state index in [4.69, 9.17) is 4.74 Å². The first-order chi connectivity index (χ1) is 11.0. The molecule has 0 N–H and O–H groups in total. The SMILES string of the molecule is CC1(C)[C@H](C(Oc2ccccc2)c2ccccc2)[C@@H]1C=C(Br)Br. The second kappa shape index (κ2) is 6.82. The molecule has 0 radical (unpaired) electrons. The lowest BCUT2D eigenvalue weighted by atomic mass is 9.99. The van der Waals surface area contributed by atoms with E-state index in [1.165, 1.54) is 5.56 Å². The zero-order valence-corrected chi connectivity index (χ0v) is 16.4. The van der Waals surface area contributed by atoms with Crippen LogP contribution in [0.15, 0.2) is 70.1 Å². The molecule has 1 saturated carbocycles. The van der Waals surface area contributed by atoms with Crippen LogP contribution in [-0.2, 0) is 0 Å². The van der Waals surface area contributed by atoms with E-state index in [2.05, 4.69) is 76.0 Å². The molecular weight excluding hydrogens is 416 g/mol. The molecule has 0 aliphatic heterocycles. The van der Waals surface area contributed by atoms with Gasteiger partial charge in [0.1, 0.15) is 11.9 Å². The first kappa shape index (κ1) is 16.8. The highest BCUT2D eigenvalue weighted by atomic mass is 79.9. The van der Waals surface area contributed by atoms with Crippen molar-refractivity contribution in [2.45, 2.75) is 20.0 Å². The van der Waals surface area contributed by atoms with E-state index in [1.807, 2.05) is 36.4 Å². The lowest BCUT2D eigenvalue weighted by molar-refractivity contribution is 0.163. The maximum absolute atomic E-state index is 6.41. The zero-order valence-electron chi connectivity index (χ0n) is 13.2. The van der Waals surface area contributed by atoms with Gasteiger partial charge in [-0.05, 0) is 60.9 Å². The molecular formula is C20H20Br2O. The van der Waals surface area contributed by atoms with Crippen LogP contribution in [-0.4, -0.2) is 0 Å². The number of para-hydroxylation sites is 1. The lowest BCUT2D eigenvalue weighted by Crippen LogP contribution is -2.13. The molecule has 3 rings (SSSR count). The van der Waals surface area contributed by atoms with Crippen LogP contribution in [0.4, 0.5) is 0 Å². The van der Waals surface area contributed by atoms with E-state index in [0.717, 1.165) is 9.14 Å². The Bertz CT molecular complexity index is 675. The minimum absolute atomic E-state index is 0.0502. The highest BCUT2D eigenvalue weighted by Crippen LogP contribution is 2.65. The van der Waals surface area contributed by atoms with Gasteiger partial charge in [-0.3, -0.25) is 0 Å². The standard InChI is InChI=1S/C20H20Br2O/c1-20(2)16(13-17(21)22)18(20)19(14-9-5-3-6-10-14)23-15-11-7-4-8-12-15/h3-13,16,18-19H,1-2H3/t16-,18-,19?/m0/s1. The first-order valence-corrected chi connectivity index (χ1v) is 9.38. The number of allylic oxidation sites excluding steroid dienone is 1. The number of hydrogen-bond acceptors (Lipinski definition) is 1. The molecule has 120 valence electrons. The Balaban J connectivity index is 1.92. The third-order valence-corrected chi connectivity index (χ3v) is 5.29. The van der Waals surface area contributed by atoms with E-state index >= 15 is 0 Å². The summed E-state index contributed by atoms with van der Waals surface area (Å²) in [6.07, 6.45) is 2.30. The van der Waals surface area contributed by atoms with Gasteiger partial charge in [-0.2, -0.15) is 0 Å². The number of hydrogen-bond donors (Lipinski definition) is 0. The Morgan fingerprint density at radius 1 is 1.00 bits per heavy atom. The number of rotatable bonds is 5. The Labute approximate surface area is 155 Å². The van der Waals surface area contributed by atoms with Crippen molar-refractivity contribution in [1.29, 1.82) is 0 Å². The fourth-order valence-electron chi connectivity index (χ4n) is 3.39. The topological polar surface area (TPSA) is 9.23 Å². The summed E-state index contributed by atoms with van der Waals surface area (Å²) >= 11 is 7.01. The molecule has 0 bridgehead atoms. The zero-order chi connectivity index (χ0) is 16.4. The molecule has 2 aromatic rings. The van der Waals surface area contributed by atoms with Crippen LogP contribution in [0, 0.1) is 17.3 Å². The Kier molecular flexibility index (Phi) is 4.98. The molecule has 1 aliphatic rings. The predicted octanol–water partition coefficient (Wildman–Crippen LogP) is 6.71. The molecule has 0 heterocycles. The Morgan fingerprint density at radius 3 is 2.13 bits per heavy atom. The molecule has 3 atom stereocenters. The summed E-state index contributed by atoms with van der Waals surface area (Å²) in [7, 11) is 0. The highest BCUT2D eigenvalue weighted by Gasteiger charge is 2.61. The average Bonchev–Trinajstić information content (AvgIpc) is 3.06. The van der Waals surface area contributed by atoms with Crippen LogP contribution in [0.2, 0.25) is 0 Å². The van der Waals surface area contributed by atoms with Gasteiger partial charge in [0.05, 0.1) is 3.39 Å². The van der Waals surface area contributed by atoms with Crippen LogP contribution >= 0.6 is 31.9 Å².